The fourth-order valence-electron chi connectivity index (χ4n) is 2.33. The number of amides is 1. The Morgan fingerprint density at radius 1 is 1.35 bits per heavy atom. The van der Waals surface area contributed by atoms with Gasteiger partial charge in [0.15, 0.2) is 0 Å². The highest BCUT2D eigenvalue weighted by Crippen LogP contribution is 2.17. The Balaban J connectivity index is 0.00000256. The van der Waals surface area contributed by atoms with Crippen molar-refractivity contribution in [1.29, 1.82) is 0 Å². The van der Waals surface area contributed by atoms with Gasteiger partial charge >= 0.3 is 0 Å². The van der Waals surface area contributed by atoms with E-state index < -0.39 is 0 Å². The second kappa shape index (κ2) is 7.93. The minimum absolute atomic E-state index is 0. The number of nitrogens with zero attached hydrogens (tertiary/aromatic N) is 1. The Labute approximate surface area is 112 Å². The van der Waals surface area contributed by atoms with Gasteiger partial charge in [0, 0.05) is 13.1 Å². The molecule has 0 bridgehead atoms. The minimum Gasteiger partial charge on any atom is -0.341 e. The van der Waals surface area contributed by atoms with Crippen molar-refractivity contribution in [2.24, 2.45) is 17.6 Å². The summed E-state index contributed by atoms with van der Waals surface area (Å²) in [6, 6.07) is -0.298. The first-order valence-corrected chi connectivity index (χ1v) is 6.55. The van der Waals surface area contributed by atoms with Gasteiger partial charge in [-0.1, -0.05) is 20.8 Å². The van der Waals surface area contributed by atoms with Crippen LogP contribution in [0, 0.1) is 11.8 Å². The van der Waals surface area contributed by atoms with Crippen LogP contribution in [0.5, 0.6) is 0 Å². The first kappa shape index (κ1) is 16.7. The number of rotatable bonds is 3. The van der Waals surface area contributed by atoms with Crippen LogP contribution >= 0.6 is 12.4 Å². The lowest BCUT2D eigenvalue weighted by molar-refractivity contribution is -0.132. The van der Waals surface area contributed by atoms with Gasteiger partial charge in [0.1, 0.15) is 0 Å². The Morgan fingerprint density at radius 3 is 2.59 bits per heavy atom. The van der Waals surface area contributed by atoms with Gasteiger partial charge in [0.2, 0.25) is 5.91 Å². The second-order valence-corrected chi connectivity index (χ2v) is 5.60. The summed E-state index contributed by atoms with van der Waals surface area (Å²) in [4.78, 5) is 14.1. The van der Waals surface area contributed by atoms with Crippen LogP contribution in [0.3, 0.4) is 0 Å². The Hall–Kier alpha value is -0.280. The summed E-state index contributed by atoms with van der Waals surface area (Å²) in [7, 11) is 0. The van der Waals surface area contributed by atoms with E-state index in [0.29, 0.717) is 5.92 Å². The average molecular weight is 263 g/mol. The molecule has 1 amide bonds. The van der Waals surface area contributed by atoms with Crippen molar-refractivity contribution in [1.82, 2.24) is 4.90 Å². The van der Waals surface area contributed by atoms with Gasteiger partial charge in [-0.3, -0.25) is 4.79 Å². The molecule has 2 atom stereocenters. The fraction of sp³-hybridized carbons (Fsp3) is 0.923. The molecular formula is C13H27ClN2O. The molecule has 0 spiro atoms. The zero-order valence-corrected chi connectivity index (χ0v) is 12.1. The largest absolute Gasteiger partial charge is 0.341 e. The smallest absolute Gasteiger partial charge is 0.239 e. The standard InChI is InChI=1S/C13H26N2O.ClH/c1-10(2)9-12(14)13(16)15-7-4-5-11(3)6-8-15;/h10-12H,4-9,14H2,1-3H3;1H/t11?,12-;/m0./s1. The van der Waals surface area contributed by atoms with E-state index in [9.17, 15) is 4.79 Å². The van der Waals surface area contributed by atoms with Gasteiger partial charge < -0.3 is 10.6 Å². The summed E-state index contributed by atoms with van der Waals surface area (Å²) in [6.45, 7) is 8.28. The summed E-state index contributed by atoms with van der Waals surface area (Å²) in [5, 5.41) is 0. The molecule has 1 fully saturated rings. The first-order chi connectivity index (χ1) is 7.50. The van der Waals surface area contributed by atoms with E-state index in [1.807, 2.05) is 4.90 Å². The number of halogens is 1. The summed E-state index contributed by atoms with van der Waals surface area (Å²) < 4.78 is 0. The van der Waals surface area contributed by atoms with Crippen molar-refractivity contribution in [3.8, 4) is 0 Å². The highest BCUT2D eigenvalue weighted by Gasteiger charge is 2.23. The van der Waals surface area contributed by atoms with Crippen LogP contribution in [0.2, 0.25) is 0 Å². The molecule has 0 saturated carbocycles. The van der Waals surface area contributed by atoms with Gasteiger partial charge in [0.25, 0.3) is 0 Å². The fourth-order valence-corrected chi connectivity index (χ4v) is 2.33. The number of nitrogens with two attached hydrogens (primary N) is 1. The number of hydrogen-bond acceptors (Lipinski definition) is 2. The zero-order valence-electron chi connectivity index (χ0n) is 11.3. The molecule has 102 valence electrons. The van der Waals surface area contributed by atoms with E-state index in [-0.39, 0.29) is 24.4 Å². The molecule has 1 unspecified atom stereocenters. The normalized spacial score (nSPS) is 22.9. The summed E-state index contributed by atoms with van der Waals surface area (Å²) in [6.07, 6.45) is 4.29. The highest BCUT2D eigenvalue weighted by atomic mass is 35.5. The van der Waals surface area contributed by atoms with Gasteiger partial charge in [0.05, 0.1) is 6.04 Å². The Morgan fingerprint density at radius 2 is 2.00 bits per heavy atom. The quantitative estimate of drug-likeness (QED) is 0.849. The zero-order chi connectivity index (χ0) is 12.1. The minimum atomic E-state index is -0.298. The van der Waals surface area contributed by atoms with Crippen LogP contribution in [0.4, 0.5) is 0 Å². The van der Waals surface area contributed by atoms with Crippen molar-refractivity contribution in [3.63, 3.8) is 0 Å². The highest BCUT2D eigenvalue weighted by molar-refractivity contribution is 5.85. The Kier molecular flexibility index (Phi) is 7.80. The van der Waals surface area contributed by atoms with Crippen LogP contribution in [0.1, 0.15) is 46.5 Å². The van der Waals surface area contributed by atoms with Crippen LogP contribution in [-0.4, -0.2) is 29.9 Å². The molecule has 17 heavy (non-hydrogen) atoms. The monoisotopic (exact) mass is 262 g/mol. The Bertz CT molecular complexity index is 233. The summed E-state index contributed by atoms with van der Waals surface area (Å²) >= 11 is 0. The third-order valence-electron chi connectivity index (χ3n) is 3.37. The summed E-state index contributed by atoms with van der Waals surface area (Å²) in [5.74, 6) is 1.40. The van der Waals surface area contributed by atoms with Crippen molar-refractivity contribution >= 4 is 18.3 Å². The maximum Gasteiger partial charge on any atom is 0.239 e. The van der Waals surface area contributed by atoms with Gasteiger partial charge in [-0.15, -0.1) is 12.4 Å². The van der Waals surface area contributed by atoms with Gasteiger partial charge in [-0.2, -0.15) is 0 Å². The van der Waals surface area contributed by atoms with Crippen molar-refractivity contribution in [2.45, 2.75) is 52.5 Å². The summed E-state index contributed by atoms with van der Waals surface area (Å²) in [5.41, 5.74) is 5.94. The van der Waals surface area contributed by atoms with E-state index in [2.05, 4.69) is 20.8 Å². The molecule has 1 saturated heterocycles. The number of hydrogen-bond donors (Lipinski definition) is 1. The topological polar surface area (TPSA) is 46.3 Å². The van der Waals surface area contributed by atoms with Crippen LogP contribution in [-0.2, 0) is 4.79 Å². The molecule has 1 aliphatic heterocycles. The molecule has 0 aromatic heterocycles. The maximum absolute atomic E-state index is 12.1. The van der Waals surface area contributed by atoms with Crippen molar-refractivity contribution < 1.29 is 4.79 Å². The predicted molar refractivity (Wildman–Crippen MR) is 74.3 cm³/mol. The lowest BCUT2D eigenvalue weighted by Crippen LogP contribution is -2.44. The second-order valence-electron chi connectivity index (χ2n) is 5.60. The molecule has 0 aliphatic carbocycles. The third-order valence-corrected chi connectivity index (χ3v) is 3.37. The lowest BCUT2D eigenvalue weighted by Gasteiger charge is -2.24. The van der Waals surface area contributed by atoms with Gasteiger partial charge in [-0.05, 0) is 37.5 Å². The van der Waals surface area contributed by atoms with E-state index in [0.717, 1.165) is 38.3 Å². The molecule has 3 nitrogen and oxygen atoms in total. The van der Waals surface area contributed by atoms with Gasteiger partial charge in [-0.25, -0.2) is 0 Å². The van der Waals surface area contributed by atoms with Crippen molar-refractivity contribution in [3.05, 3.63) is 0 Å². The molecule has 1 rings (SSSR count). The molecule has 2 N–H and O–H groups in total. The van der Waals surface area contributed by atoms with Crippen LogP contribution in [0.15, 0.2) is 0 Å². The van der Waals surface area contributed by atoms with E-state index >= 15 is 0 Å². The molecule has 4 heteroatoms. The molecule has 0 aromatic rings. The van der Waals surface area contributed by atoms with Crippen LogP contribution < -0.4 is 5.73 Å². The van der Waals surface area contributed by atoms with E-state index in [1.165, 1.54) is 6.42 Å². The maximum atomic E-state index is 12.1. The first-order valence-electron chi connectivity index (χ1n) is 6.55. The number of carbonyl (C=O) groups is 1. The molecular weight excluding hydrogens is 236 g/mol. The van der Waals surface area contributed by atoms with E-state index in [1.54, 1.807) is 0 Å². The predicted octanol–water partition coefficient (Wildman–Crippen LogP) is 2.43. The van der Waals surface area contributed by atoms with Crippen LogP contribution in [0.25, 0.3) is 0 Å². The number of carbonyl (C=O) groups excluding carboxylic acids is 1. The molecule has 0 radical (unpaired) electrons. The molecule has 1 heterocycles. The SMILES string of the molecule is CC(C)C[C@H](N)C(=O)N1CCCC(C)CC1.Cl. The van der Waals surface area contributed by atoms with E-state index in [4.69, 9.17) is 5.73 Å². The number of likely N-dealkylation sites (tertiary alicyclic amines) is 1. The average Bonchev–Trinajstić information content (AvgIpc) is 2.41. The lowest BCUT2D eigenvalue weighted by atomic mass is 10.0. The molecule has 1 aliphatic rings. The molecule has 0 aromatic carbocycles. The van der Waals surface area contributed by atoms with Crippen molar-refractivity contribution in [2.75, 3.05) is 13.1 Å². The third kappa shape index (κ3) is 5.73.